The Hall–Kier alpha value is -3.13. The van der Waals surface area contributed by atoms with E-state index in [4.69, 9.17) is 4.74 Å². The Balaban J connectivity index is 0.00000341. The summed E-state index contributed by atoms with van der Waals surface area (Å²) in [6.07, 6.45) is 3.94. The van der Waals surface area contributed by atoms with Gasteiger partial charge in [0, 0.05) is 38.4 Å². The van der Waals surface area contributed by atoms with Crippen LogP contribution in [0.3, 0.4) is 0 Å². The van der Waals surface area contributed by atoms with Crippen molar-refractivity contribution < 1.29 is 19.1 Å². The van der Waals surface area contributed by atoms with Crippen LogP contribution in [0.15, 0.2) is 42.7 Å². The second-order valence-electron chi connectivity index (χ2n) is 7.09. The van der Waals surface area contributed by atoms with E-state index in [1.165, 1.54) is 6.20 Å². The standard InChI is InChI=1S/C22H26N4O4.ClH/c1-16-6-7-19-18(14-16)21(28)25-9-12-26(22(29)17-4-2-8-23-15-17)11-3-5-20(27)24-10-13-30-19;/h2,4,6-8,14-15H,3,5,9-13H2,1H3,(H,24,27)(H,25,28);1H. The van der Waals surface area contributed by atoms with Gasteiger partial charge in [0.15, 0.2) is 0 Å². The van der Waals surface area contributed by atoms with Gasteiger partial charge in [-0.2, -0.15) is 0 Å². The summed E-state index contributed by atoms with van der Waals surface area (Å²) in [5, 5.41) is 5.67. The first kappa shape index (κ1) is 24.1. The number of hydrogen-bond acceptors (Lipinski definition) is 5. The first-order valence-corrected chi connectivity index (χ1v) is 10.0. The van der Waals surface area contributed by atoms with Crippen molar-refractivity contribution in [2.75, 3.05) is 32.8 Å². The third-order valence-corrected chi connectivity index (χ3v) is 4.76. The predicted octanol–water partition coefficient (Wildman–Crippen LogP) is 1.97. The van der Waals surface area contributed by atoms with Crippen molar-refractivity contribution in [1.82, 2.24) is 20.5 Å². The number of nitrogens with one attached hydrogen (secondary N) is 2. The normalized spacial score (nSPS) is 15.7. The van der Waals surface area contributed by atoms with E-state index in [-0.39, 0.29) is 43.3 Å². The van der Waals surface area contributed by atoms with Crippen molar-refractivity contribution in [3.63, 3.8) is 0 Å². The van der Waals surface area contributed by atoms with E-state index in [2.05, 4.69) is 15.6 Å². The number of amides is 3. The number of hydrogen-bond donors (Lipinski definition) is 2. The number of pyridine rings is 1. The second-order valence-corrected chi connectivity index (χ2v) is 7.09. The van der Waals surface area contributed by atoms with Crippen LogP contribution in [0.4, 0.5) is 0 Å². The SMILES string of the molecule is Cc1ccc2c(c1)C(=O)NCCN(C(=O)c1cccnc1)CCCC(=O)NCCO2.Cl. The van der Waals surface area contributed by atoms with Crippen molar-refractivity contribution in [3.05, 3.63) is 59.4 Å². The molecule has 0 bridgehead atoms. The van der Waals surface area contributed by atoms with Gasteiger partial charge in [0.05, 0.1) is 17.7 Å². The molecule has 3 rings (SSSR count). The zero-order chi connectivity index (χ0) is 21.3. The summed E-state index contributed by atoms with van der Waals surface area (Å²) >= 11 is 0. The fourth-order valence-electron chi connectivity index (χ4n) is 3.20. The summed E-state index contributed by atoms with van der Waals surface area (Å²) in [4.78, 5) is 43.3. The van der Waals surface area contributed by atoms with Gasteiger partial charge in [-0.1, -0.05) is 11.6 Å². The molecule has 0 saturated heterocycles. The zero-order valence-electron chi connectivity index (χ0n) is 17.4. The van der Waals surface area contributed by atoms with Crippen LogP contribution >= 0.6 is 12.4 Å². The Morgan fingerprint density at radius 3 is 2.74 bits per heavy atom. The van der Waals surface area contributed by atoms with Gasteiger partial charge in [0.25, 0.3) is 11.8 Å². The quantitative estimate of drug-likeness (QED) is 0.697. The minimum Gasteiger partial charge on any atom is -0.491 e. The zero-order valence-corrected chi connectivity index (χ0v) is 18.2. The summed E-state index contributed by atoms with van der Waals surface area (Å²) in [5.41, 5.74) is 1.84. The highest BCUT2D eigenvalue weighted by Gasteiger charge is 2.18. The van der Waals surface area contributed by atoms with Crippen LogP contribution in [0.5, 0.6) is 5.75 Å². The van der Waals surface area contributed by atoms with Crippen LogP contribution in [0.25, 0.3) is 0 Å². The second kappa shape index (κ2) is 11.9. The van der Waals surface area contributed by atoms with Gasteiger partial charge in [-0.25, -0.2) is 0 Å². The number of halogens is 1. The van der Waals surface area contributed by atoms with Crippen molar-refractivity contribution in [1.29, 1.82) is 0 Å². The number of aromatic nitrogens is 1. The molecule has 0 saturated carbocycles. The lowest BCUT2D eigenvalue weighted by molar-refractivity contribution is -0.121. The van der Waals surface area contributed by atoms with Crippen LogP contribution in [0, 0.1) is 6.92 Å². The summed E-state index contributed by atoms with van der Waals surface area (Å²) in [6.45, 7) is 3.51. The number of rotatable bonds is 1. The Morgan fingerprint density at radius 2 is 1.97 bits per heavy atom. The van der Waals surface area contributed by atoms with E-state index in [1.807, 2.05) is 13.0 Å². The van der Waals surface area contributed by atoms with E-state index in [9.17, 15) is 14.4 Å². The summed E-state index contributed by atoms with van der Waals surface area (Å²) < 4.78 is 5.71. The number of carbonyl (C=O) groups is 3. The van der Waals surface area contributed by atoms with Crippen LogP contribution in [-0.4, -0.2) is 60.4 Å². The average Bonchev–Trinajstić information content (AvgIpc) is 2.76. The fourth-order valence-corrected chi connectivity index (χ4v) is 3.20. The molecule has 8 nitrogen and oxygen atoms in total. The third kappa shape index (κ3) is 6.96. The molecular formula is C22H27ClN4O4. The van der Waals surface area contributed by atoms with E-state index < -0.39 is 0 Å². The lowest BCUT2D eigenvalue weighted by Crippen LogP contribution is -2.39. The first-order valence-electron chi connectivity index (χ1n) is 10.0. The van der Waals surface area contributed by atoms with Gasteiger partial charge in [0.2, 0.25) is 5.91 Å². The number of benzene rings is 1. The smallest absolute Gasteiger partial charge is 0.255 e. The van der Waals surface area contributed by atoms with Crippen molar-refractivity contribution in [2.24, 2.45) is 0 Å². The van der Waals surface area contributed by atoms with Crippen LogP contribution in [-0.2, 0) is 4.79 Å². The number of aryl methyl sites for hydroxylation is 1. The maximum Gasteiger partial charge on any atom is 0.255 e. The molecule has 1 aliphatic rings. The maximum atomic E-state index is 12.9. The van der Waals surface area contributed by atoms with Gasteiger partial charge in [0.1, 0.15) is 12.4 Å². The highest BCUT2D eigenvalue weighted by molar-refractivity contribution is 5.97. The van der Waals surface area contributed by atoms with Crippen molar-refractivity contribution in [3.8, 4) is 5.75 Å². The van der Waals surface area contributed by atoms with Crippen LogP contribution < -0.4 is 15.4 Å². The average molecular weight is 447 g/mol. The number of nitrogens with zero attached hydrogens (tertiary/aromatic N) is 2. The maximum absolute atomic E-state index is 12.9. The third-order valence-electron chi connectivity index (χ3n) is 4.76. The molecule has 0 unspecified atom stereocenters. The molecule has 1 aromatic heterocycles. The van der Waals surface area contributed by atoms with Crippen molar-refractivity contribution in [2.45, 2.75) is 19.8 Å². The molecule has 2 N–H and O–H groups in total. The monoisotopic (exact) mass is 446 g/mol. The molecule has 1 aliphatic heterocycles. The molecule has 0 spiro atoms. The molecule has 0 radical (unpaired) electrons. The molecular weight excluding hydrogens is 420 g/mol. The largest absolute Gasteiger partial charge is 0.491 e. The molecule has 0 fully saturated rings. The Morgan fingerprint density at radius 1 is 1.13 bits per heavy atom. The number of fused-ring (bicyclic) bond motifs is 1. The molecule has 0 atom stereocenters. The molecule has 2 heterocycles. The Labute approximate surface area is 187 Å². The molecule has 3 amide bonds. The van der Waals surface area contributed by atoms with E-state index in [0.717, 1.165) is 5.56 Å². The Bertz CT molecular complexity index is 908. The van der Waals surface area contributed by atoms with Gasteiger partial charge < -0.3 is 20.3 Å². The van der Waals surface area contributed by atoms with Crippen LogP contribution in [0.2, 0.25) is 0 Å². The van der Waals surface area contributed by atoms with Gasteiger partial charge in [-0.3, -0.25) is 19.4 Å². The van der Waals surface area contributed by atoms with E-state index in [0.29, 0.717) is 49.4 Å². The van der Waals surface area contributed by atoms with Crippen LogP contribution in [0.1, 0.15) is 39.1 Å². The number of ether oxygens (including phenoxy) is 1. The summed E-state index contributed by atoms with van der Waals surface area (Å²) in [5.74, 6) is -0.0749. The lowest BCUT2D eigenvalue weighted by Gasteiger charge is -2.23. The predicted molar refractivity (Wildman–Crippen MR) is 119 cm³/mol. The number of carbonyl (C=O) groups excluding carboxylic acids is 3. The molecule has 1 aromatic carbocycles. The lowest BCUT2D eigenvalue weighted by atomic mass is 10.1. The fraction of sp³-hybridized carbons (Fsp3) is 0.364. The van der Waals surface area contributed by atoms with E-state index >= 15 is 0 Å². The Kier molecular flexibility index (Phi) is 9.27. The topological polar surface area (TPSA) is 101 Å². The highest BCUT2D eigenvalue weighted by Crippen LogP contribution is 2.20. The van der Waals surface area contributed by atoms with E-state index in [1.54, 1.807) is 35.4 Å². The molecule has 0 aliphatic carbocycles. The molecule has 166 valence electrons. The van der Waals surface area contributed by atoms with Gasteiger partial charge in [-0.05, 0) is 37.6 Å². The van der Waals surface area contributed by atoms with Crippen molar-refractivity contribution >= 4 is 30.1 Å². The van der Waals surface area contributed by atoms with Gasteiger partial charge >= 0.3 is 0 Å². The summed E-state index contributed by atoms with van der Waals surface area (Å²) in [7, 11) is 0. The molecule has 31 heavy (non-hydrogen) atoms. The first-order chi connectivity index (χ1) is 14.5. The minimum absolute atomic E-state index is 0. The van der Waals surface area contributed by atoms with Gasteiger partial charge in [-0.15, -0.1) is 12.4 Å². The highest BCUT2D eigenvalue weighted by atomic mass is 35.5. The summed E-state index contributed by atoms with van der Waals surface area (Å²) in [6, 6.07) is 8.79. The molecule has 2 aromatic rings. The molecule has 9 heteroatoms. The minimum atomic E-state index is -0.263.